The Morgan fingerprint density at radius 1 is 1.10 bits per heavy atom. The van der Waals surface area contributed by atoms with Crippen LogP contribution in [0.3, 0.4) is 0 Å². The highest BCUT2D eigenvalue weighted by atomic mass is 19.1. The Balaban J connectivity index is 2.19. The Labute approximate surface area is 115 Å². The number of nitrogens with zero attached hydrogens (tertiary/aromatic N) is 3. The van der Waals surface area contributed by atoms with Crippen molar-refractivity contribution < 1.29 is 4.39 Å². The monoisotopic (exact) mass is 263 g/mol. The van der Waals surface area contributed by atoms with E-state index in [4.69, 9.17) is 5.26 Å². The molecule has 4 heteroatoms. The molecule has 0 fully saturated rings. The summed E-state index contributed by atoms with van der Waals surface area (Å²) in [6.45, 7) is 0. The number of hydrogen-bond donors (Lipinski definition) is 0. The first kappa shape index (κ1) is 12.1. The van der Waals surface area contributed by atoms with Crippen LogP contribution in [0.15, 0.2) is 61.2 Å². The summed E-state index contributed by atoms with van der Waals surface area (Å²) in [4.78, 5) is 3.97. The molecule has 1 aromatic heterocycles. The van der Waals surface area contributed by atoms with Crippen LogP contribution in [0.2, 0.25) is 0 Å². The van der Waals surface area contributed by atoms with Crippen molar-refractivity contribution in [3.05, 3.63) is 72.6 Å². The molecule has 0 atom stereocenters. The Kier molecular flexibility index (Phi) is 3.02. The number of hydrogen-bond acceptors (Lipinski definition) is 2. The summed E-state index contributed by atoms with van der Waals surface area (Å²) in [5.74, 6) is -0.350. The van der Waals surface area contributed by atoms with Crippen molar-refractivity contribution in [3.8, 4) is 22.9 Å². The zero-order chi connectivity index (χ0) is 13.9. The maximum atomic E-state index is 14.1. The topological polar surface area (TPSA) is 41.6 Å². The SMILES string of the molecule is N#Cc1ccccc1-c1cc(-n2ccnc2)ccc1F. The molecule has 0 saturated heterocycles. The first-order valence-electron chi connectivity index (χ1n) is 6.07. The molecule has 96 valence electrons. The van der Waals surface area contributed by atoms with Crippen LogP contribution in [-0.2, 0) is 0 Å². The van der Waals surface area contributed by atoms with E-state index in [1.807, 2.05) is 0 Å². The summed E-state index contributed by atoms with van der Waals surface area (Å²) in [5, 5.41) is 9.14. The molecule has 0 unspecified atom stereocenters. The quantitative estimate of drug-likeness (QED) is 0.709. The molecule has 0 aliphatic heterocycles. The minimum atomic E-state index is -0.350. The van der Waals surface area contributed by atoms with Gasteiger partial charge >= 0.3 is 0 Å². The van der Waals surface area contributed by atoms with Gasteiger partial charge in [-0.1, -0.05) is 18.2 Å². The Morgan fingerprint density at radius 3 is 2.70 bits per heavy atom. The van der Waals surface area contributed by atoms with E-state index in [0.717, 1.165) is 5.69 Å². The van der Waals surface area contributed by atoms with Crippen LogP contribution < -0.4 is 0 Å². The molecule has 3 nitrogen and oxygen atoms in total. The zero-order valence-electron chi connectivity index (χ0n) is 10.5. The Hall–Kier alpha value is -2.93. The normalized spacial score (nSPS) is 10.2. The maximum absolute atomic E-state index is 14.1. The van der Waals surface area contributed by atoms with Gasteiger partial charge in [-0.3, -0.25) is 0 Å². The van der Waals surface area contributed by atoms with E-state index in [0.29, 0.717) is 16.7 Å². The fraction of sp³-hybridized carbons (Fsp3) is 0. The van der Waals surface area contributed by atoms with Crippen LogP contribution >= 0.6 is 0 Å². The summed E-state index contributed by atoms with van der Waals surface area (Å²) in [6, 6.07) is 13.9. The average Bonchev–Trinajstić information content (AvgIpc) is 3.02. The molecule has 0 spiro atoms. The zero-order valence-corrected chi connectivity index (χ0v) is 10.5. The van der Waals surface area contributed by atoms with E-state index in [1.54, 1.807) is 59.7 Å². The maximum Gasteiger partial charge on any atom is 0.131 e. The molecule has 1 heterocycles. The lowest BCUT2D eigenvalue weighted by atomic mass is 9.99. The third-order valence-corrected chi connectivity index (χ3v) is 3.09. The second kappa shape index (κ2) is 4.98. The van der Waals surface area contributed by atoms with Crippen LogP contribution in [-0.4, -0.2) is 9.55 Å². The highest BCUT2D eigenvalue weighted by Gasteiger charge is 2.10. The standard InChI is InChI=1S/C16H10FN3/c17-16-6-5-13(20-8-7-19-11-20)9-15(16)14-4-2-1-3-12(14)10-18/h1-9,11H. The van der Waals surface area contributed by atoms with Gasteiger partial charge in [0.1, 0.15) is 5.82 Å². The van der Waals surface area contributed by atoms with E-state index in [-0.39, 0.29) is 5.82 Å². The molecule has 0 aliphatic rings. The summed E-state index contributed by atoms with van der Waals surface area (Å²) >= 11 is 0. The van der Waals surface area contributed by atoms with Gasteiger partial charge in [-0.25, -0.2) is 9.37 Å². The number of benzene rings is 2. The van der Waals surface area contributed by atoms with Gasteiger partial charge in [0.05, 0.1) is 18.0 Å². The highest BCUT2D eigenvalue weighted by Crippen LogP contribution is 2.28. The van der Waals surface area contributed by atoms with Gasteiger partial charge < -0.3 is 4.57 Å². The average molecular weight is 263 g/mol. The molecule has 20 heavy (non-hydrogen) atoms. The fourth-order valence-corrected chi connectivity index (χ4v) is 2.11. The van der Waals surface area contributed by atoms with Gasteiger partial charge in [0.2, 0.25) is 0 Å². The van der Waals surface area contributed by atoms with Gasteiger partial charge in [-0.2, -0.15) is 5.26 Å². The van der Waals surface area contributed by atoms with Crippen molar-refractivity contribution in [2.24, 2.45) is 0 Å². The molecular weight excluding hydrogens is 253 g/mol. The van der Waals surface area contributed by atoms with Crippen molar-refractivity contribution in [2.45, 2.75) is 0 Å². The van der Waals surface area contributed by atoms with Crippen molar-refractivity contribution in [3.63, 3.8) is 0 Å². The molecular formula is C16H10FN3. The van der Waals surface area contributed by atoms with Crippen LogP contribution in [0, 0.1) is 17.1 Å². The first-order chi connectivity index (χ1) is 9.79. The summed E-state index contributed by atoms with van der Waals surface area (Å²) in [6.07, 6.45) is 5.09. The van der Waals surface area contributed by atoms with E-state index in [2.05, 4.69) is 11.1 Å². The number of rotatable bonds is 2. The molecule has 0 aliphatic carbocycles. The van der Waals surface area contributed by atoms with E-state index >= 15 is 0 Å². The minimum absolute atomic E-state index is 0.350. The predicted molar refractivity (Wildman–Crippen MR) is 73.7 cm³/mol. The third-order valence-electron chi connectivity index (χ3n) is 3.09. The highest BCUT2D eigenvalue weighted by molar-refractivity contribution is 5.72. The van der Waals surface area contributed by atoms with E-state index in [1.165, 1.54) is 6.07 Å². The molecule has 3 aromatic rings. The molecule has 0 radical (unpaired) electrons. The van der Waals surface area contributed by atoms with Gasteiger partial charge in [0.25, 0.3) is 0 Å². The van der Waals surface area contributed by atoms with Crippen LogP contribution in [0.5, 0.6) is 0 Å². The summed E-state index contributed by atoms with van der Waals surface area (Å²) < 4.78 is 15.9. The number of nitriles is 1. The molecule has 0 bridgehead atoms. The molecule has 0 N–H and O–H groups in total. The van der Waals surface area contributed by atoms with E-state index < -0.39 is 0 Å². The van der Waals surface area contributed by atoms with Crippen LogP contribution in [0.25, 0.3) is 16.8 Å². The van der Waals surface area contributed by atoms with Crippen molar-refractivity contribution in [2.75, 3.05) is 0 Å². The van der Waals surface area contributed by atoms with Crippen molar-refractivity contribution >= 4 is 0 Å². The van der Waals surface area contributed by atoms with E-state index in [9.17, 15) is 4.39 Å². The Bertz CT molecular complexity index is 786. The van der Waals surface area contributed by atoms with Gasteiger partial charge in [-0.15, -0.1) is 0 Å². The molecule has 3 rings (SSSR count). The largest absolute Gasteiger partial charge is 0.306 e. The van der Waals surface area contributed by atoms with Crippen LogP contribution in [0.4, 0.5) is 4.39 Å². The van der Waals surface area contributed by atoms with Crippen LogP contribution in [0.1, 0.15) is 5.56 Å². The predicted octanol–water partition coefficient (Wildman–Crippen LogP) is 3.55. The lowest BCUT2D eigenvalue weighted by Gasteiger charge is -2.09. The number of aromatic nitrogens is 2. The summed E-state index contributed by atoms with van der Waals surface area (Å²) in [7, 11) is 0. The van der Waals surface area contributed by atoms with Crippen molar-refractivity contribution in [1.29, 1.82) is 5.26 Å². The number of imidazole rings is 1. The van der Waals surface area contributed by atoms with Gasteiger partial charge in [0.15, 0.2) is 0 Å². The Morgan fingerprint density at radius 2 is 1.95 bits per heavy atom. The second-order valence-corrected chi connectivity index (χ2v) is 4.29. The summed E-state index contributed by atoms with van der Waals surface area (Å²) in [5.41, 5.74) is 2.25. The lowest BCUT2D eigenvalue weighted by molar-refractivity contribution is 0.631. The smallest absolute Gasteiger partial charge is 0.131 e. The lowest BCUT2D eigenvalue weighted by Crippen LogP contribution is -1.94. The first-order valence-corrected chi connectivity index (χ1v) is 6.07. The second-order valence-electron chi connectivity index (χ2n) is 4.29. The minimum Gasteiger partial charge on any atom is -0.306 e. The molecule has 0 saturated carbocycles. The fourth-order valence-electron chi connectivity index (χ4n) is 2.11. The van der Waals surface area contributed by atoms with Gasteiger partial charge in [-0.05, 0) is 24.3 Å². The number of halogens is 1. The molecule has 2 aromatic carbocycles. The van der Waals surface area contributed by atoms with Crippen molar-refractivity contribution in [1.82, 2.24) is 9.55 Å². The third kappa shape index (κ3) is 2.06. The van der Waals surface area contributed by atoms with Gasteiger partial charge in [0, 0.05) is 29.2 Å². The molecule has 0 amide bonds.